The van der Waals surface area contributed by atoms with E-state index >= 15 is 0 Å². The lowest BCUT2D eigenvalue weighted by molar-refractivity contribution is 0.0334. The number of aryl methyl sites for hydroxylation is 1. The zero-order valence-electron chi connectivity index (χ0n) is 15.1. The number of para-hydroxylation sites is 1. The smallest absolute Gasteiger partial charge is 0.261 e. The molecule has 2 N–H and O–H groups in total. The summed E-state index contributed by atoms with van der Waals surface area (Å²) in [5, 5.41) is 2.84. The van der Waals surface area contributed by atoms with Crippen LogP contribution in [0.15, 0.2) is 53.4 Å². The number of hydrogen-bond acceptors (Lipinski definition) is 5. The van der Waals surface area contributed by atoms with E-state index in [-0.39, 0.29) is 22.1 Å². The van der Waals surface area contributed by atoms with Gasteiger partial charge >= 0.3 is 0 Å². The lowest BCUT2D eigenvalue weighted by Gasteiger charge is -2.26. The zero-order valence-corrected chi connectivity index (χ0v) is 16.0. The maximum Gasteiger partial charge on any atom is 0.261 e. The molecule has 1 amide bonds. The minimum Gasteiger partial charge on any atom is -0.379 e. The highest BCUT2D eigenvalue weighted by atomic mass is 32.2. The Kier molecular flexibility index (Phi) is 6.10. The standard InChI is InChI=1S/C19H23N3O4S/c1-15-6-8-16(9-7-15)27(24,25)21-18-5-3-2-4-17(18)19(23)20-14-22-10-12-26-13-11-22/h2-9,21H,10-14H2,1H3,(H,20,23). The van der Waals surface area contributed by atoms with Gasteiger partial charge in [-0.05, 0) is 31.2 Å². The lowest BCUT2D eigenvalue weighted by Crippen LogP contribution is -2.43. The molecular weight excluding hydrogens is 366 g/mol. The van der Waals surface area contributed by atoms with Crippen LogP contribution in [0.25, 0.3) is 0 Å². The molecule has 7 nitrogen and oxygen atoms in total. The number of anilines is 1. The van der Waals surface area contributed by atoms with Crippen LogP contribution >= 0.6 is 0 Å². The first-order valence-electron chi connectivity index (χ1n) is 8.72. The van der Waals surface area contributed by atoms with Gasteiger partial charge in [0.25, 0.3) is 15.9 Å². The van der Waals surface area contributed by atoms with Gasteiger partial charge in [-0.3, -0.25) is 14.4 Å². The van der Waals surface area contributed by atoms with Crippen molar-refractivity contribution >= 4 is 21.6 Å². The molecule has 0 atom stereocenters. The Bertz CT molecular complexity index is 891. The molecule has 0 aromatic heterocycles. The minimum atomic E-state index is -3.78. The summed E-state index contributed by atoms with van der Waals surface area (Å²) in [7, 11) is -3.78. The van der Waals surface area contributed by atoms with Crippen molar-refractivity contribution in [1.82, 2.24) is 10.2 Å². The summed E-state index contributed by atoms with van der Waals surface area (Å²) in [6.45, 7) is 5.06. The van der Waals surface area contributed by atoms with E-state index in [4.69, 9.17) is 4.74 Å². The summed E-state index contributed by atoms with van der Waals surface area (Å²) in [5.74, 6) is -0.330. The number of ether oxygens (including phenoxy) is 1. The molecule has 1 aliphatic rings. The topological polar surface area (TPSA) is 87.7 Å². The Morgan fingerprint density at radius 2 is 1.74 bits per heavy atom. The van der Waals surface area contributed by atoms with Crippen molar-refractivity contribution < 1.29 is 17.9 Å². The van der Waals surface area contributed by atoms with Crippen molar-refractivity contribution in [3.63, 3.8) is 0 Å². The van der Waals surface area contributed by atoms with E-state index in [1.54, 1.807) is 48.5 Å². The van der Waals surface area contributed by atoms with Crippen LogP contribution in [0.1, 0.15) is 15.9 Å². The summed E-state index contributed by atoms with van der Waals surface area (Å²) in [4.78, 5) is 14.8. The molecule has 27 heavy (non-hydrogen) atoms. The molecular formula is C19H23N3O4S. The fourth-order valence-electron chi connectivity index (χ4n) is 2.73. The molecule has 0 unspecified atom stereocenters. The van der Waals surface area contributed by atoms with Gasteiger partial charge in [0.1, 0.15) is 0 Å². The molecule has 3 rings (SSSR count). The van der Waals surface area contributed by atoms with Crippen molar-refractivity contribution in [1.29, 1.82) is 0 Å². The van der Waals surface area contributed by atoms with Crippen molar-refractivity contribution in [2.45, 2.75) is 11.8 Å². The Balaban J connectivity index is 1.73. The SMILES string of the molecule is Cc1ccc(S(=O)(=O)Nc2ccccc2C(=O)NCN2CCOCC2)cc1. The predicted octanol–water partition coefficient (Wildman–Crippen LogP) is 1.82. The van der Waals surface area contributed by atoms with Crippen LogP contribution in [-0.4, -0.2) is 52.2 Å². The molecule has 0 saturated carbocycles. The van der Waals surface area contributed by atoms with Gasteiger partial charge in [-0.25, -0.2) is 8.42 Å². The second-order valence-electron chi connectivity index (χ2n) is 6.36. The normalized spacial score (nSPS) is 15.3. The molecule has 0 bridgehead atoms. The van der Waals surface area contributed by atoms with E-state index in [1.807, 2.05) is 6.92 Å². The average molecular weight is 389 g/mol. The Morgan fingerprint density at radius 3 is 2.44 bits per heavy atom. The number of nitrogens with one attached hydrogen (secondary N) is 2. The Morgan fingerprint density at radius 1 is 1.07 bits per heavy atom. The molecule has 0 spiro atoms. The van der Waals surface area contributed by atoms with Gasteiger partial charge in [0.05, 0.1) is 36.0 Å². The van der Waals surface area contributed by atoms with E-state index in [0.717, 1.165) is 18.7 Å². The number of amides is 1. The third-order valence-corrected chi connectivity index (χ3v) is 5.70. The number of hydrogen-bond donors (Lipinski definition) is 2. The van der Waals surface area contributed by atoms with Gasteiger partial charge in [-0.15, -0.1) is 0 Å². The third kappa shape index (κ3) is 5.06. The van der Waals surface area contributed by atoms with Crippen molar-refractivity contribution in [3.05, 3.63) is 59.7 Å². The number of morpholine rings is 1. The van der Waals surface area contributed by atoms with Crippen LogP contribution in [0.5, 0.6) is 0 Å². The van der Waals surface area contributed by atoms with Gasteiger partial charge < -0.3 is 10.1 Å². The number of carbonyl (C=O) groups is 1. The Hall–Kier alpha value is -2.42. The Labute approximate surface area is 159 Å². The van der Waals surface area contributed by atoms with E-state index in [1.165, 1.54) is 0 Å². The molecule has 0 radical (unpaired) electrons. The zero-order chi connectivity index (χ0) is 19.3. The average Bonchev–Trinajstić information content (AvgIpc) is 2.67. The van der Waals surface area contributed by atoms with Crippen molar-refractivity contribution in [2.24, 2.45) is 0 Å². The highest BCUT2D eigenvalue weighted by Crippen LogP contribution is 2.20. The van der Waals surface area contributed by atoms with E-state index in [0.29, 0.717) is 19.9 Å². The van der Waals surface area contributed by atoms with E-state index in [2.05, 4.69) is 14.9 Å². The molecule has 0 aliphatic carbocycles. The number of benzene rings is 2. The molecule has 2 aromatic rings. The quantitative estimate of drug-likeness (QED) is 0.787. The number of nitrogens with zero attached hydrogens (tertiary/aromatic N) is 1. The molecule has 2 aromatic carbocycles. The second kappa shape index (κ2) is 8.51. The fraction of sp³-hybridized carbons (Fsp3) is 0.316. The molecule has 1 saturated heterocycles. The largest absolute Gasteiger partial charge is 0.379 e. The molecule has 1 heterocycles. The summed E-state index contributed by atoms with van der Waals surface area (Å²) < 4.78 is 33.1. The van der Waals surface area contributed by atoms with Crippen molar-refractivity contribution in [2.75, 3.05) is 37.7 Å². The van der Waals surface area contributed by atoms with Gasteiger partial charge in [0, 0.05) is 13.1 Å². The maximum absolute atomic E-state index is 12.6. The van der Waals surface area contributed by atoms with Gasteiger partial charge in [0.15, 0.2) is 0 Å². The van der Waals surface area contributed by atoms with Crippen LogP contribution < -0.4 is 10.0 Å². The van der Waals surface area contributed by atoms with Crippen LogP contribution in [0.4, 0.5) is 5.69 Å². The maximum atomic E-state index is 12.6. The van der Waals surface area contributed by atoms with Crippen LogP contribution in [0, 0.1) is 6.92 Å². The number of rotatable bonds is 6. The number of sulfonamides is 1. The van der Waals surface area contributed by atoms with Crippen LogP contribution in [0.2, 0.25) is 0 Å². The molecule has 144 valence electrons. The summed E-state index contributed by atoms with van der Waals surface area (Å²) in [6, 6.07) is 13.1. The van der Waals surface area contributed by atoms with Crippen molar-refractivity contribution in [3.8, 4) is 0 Å². The first-order chi connectivity index (χ1) is 13.0. The van der Waals surface area contributed by atoms with Crippen LogP contribution in [0.3, 0.4) is 0 Å². The summed E-state index contributed by atoms with van der Waals surface area (Å²) >= 11 is 0. The molecule has 1 fully saturated rings. The van der Waals surface area contributed by atoms with E-state index in [9.17, 15) is 13.2 Å². The predicted molar refractivity (Wildman–Crippen MR) is 103 cm³/mol. The lowest BCUT2D eigenvalue weighted by atomic mass is 10.2. The first-order valence-corrected chi connectivity index (χ1v) is 10.2. The highest BCUT2D eigenvalue weighted by Gasteiger charge is 2.19. The van der Waals surface area contributed by atoms with Gasteiger partial charge in [-0.2, -0.15) is 0 Å². The second-order valence-corrected chi connectivity index (χ2v) is 8.04. The summed E-state index contributed by atoms with van der Waals surface area (Å²) in [6.07, 6.45) is 0. The molecule has 8 heteroatoms. The third-order valence-electron chi connectivity index (χ3n) is 4.31. The minimum absolute atomic E-state index is 0.150. The highest BCUT2D eigenvalue weighted by molar-refractivity contribution is 7.92. The first kappa shape index (κ1) is 19.3. The van der Waals surface area contributed by atoms with Gasteiger partial charge in [-0.1, -0.05) is 29.8 Å². The fourth-order valence-corrected chi connectivity index (χ4v) is 3.81. The van der Waals surface area contributed by atoms with Crippen LogP contribution in [-0.2, 0) is 14.8 Å². The summed E-state index contributed by atoms with van der Waals surface area (Å²) in [5.41, 5.74) is 1.50. The monoisotopic (exact) mass is 389 g/mol. The number of carbonyl (C=O) groups excluding carboxylic acids is 1. The van der Waals surface area contributed by atoms with E-state index < -0.39 is 10.0 Å². The molecule has 1 aliphatic heterocycles. The van der Waals surface area contributed by atoms with Gasteiger partial charge in [0.2, 0.25) is 0 Å².